The lowest BCUT2D eigenvalue weighted by Gasteiger charge is -2.26. The quantitative estimate of drug-likeness (QED) is 0.717. The van der Waals surface area contributed by atoms with Gasteiger partial charge in [-0.2, -0.15) is 0 Å². The van der Waals surface area contributed by atoms with Crippen molar-refractivity contribution in [2.24, 2.45) is 0 Å². The first kappa shape index (κ1) is 9.53. The van der Waals surface area contributed by atoms with Crippen LogP contribution in [0.2, 0.25) is 0 Å². The summed E-state index contributed by atoms with van der Waals surface area (Å²) in [6.45, 7) is 2.96. The topological polar surface area (TPSA) is 18.5 Å². The Balaban J connectivity index is 2.43. The van der Waals surface area contributed by atoms with Crippen LogP contribution >= 0.6 is 0 Å². The monoisotopic (exact) mass is 192 g/mol. The molecule has 1 heterocycles. The highest BCUT2D eigenvalue weighted by atomic mass is 16.5. The van der Waals surface area contributed by atoms with Gasteiger partial charge in [0.25, 0.3) is 0 Å². The van der Waals surface area contributed by atoms with Crippen LogP contribution in [0.4, 0.5) is 0 Å². The van der Waals surface area contributed by atoms with Gasteiger partial charge in [-0.3, -0.25) is 0 Å². The van der Waals surface area contributed by atoms with E-state index >= 15 is 0 Å². The Morgan fingerprint density at radius 3 is 3.07 bits per heavy atom. The summed E-state index contributed by atoms with van der Waals surface area (Å²) in [5, 5.41) is 0. The molecule has 0 N–H and O–H groups in total. The molecule has 2 nitrogen and oxygen atoms in total. The zero-order valence-electron chi connectivity index (χ0n) is 8.75. The minimum Gasteiger partial charge on any atom is -0.496 e. The number of hydrogen-bond acceptors (Lipinski definition) is 2. The summed E-state index contributed by atoms with van der Waals surface area (Å²) in [5.74, 6) is 1.00. The summed E-state index contributed by atoms with van der Waals surface area (Å²) in [7, 11) is 1.73. The first-order valence-corrected chi connectivity index (χ1v) is 5.14. The summed E-state index contributed by atoms with van der Waals surface area (Å²) in [5.41, 5.74) is 2.63. The van der Waals surface area contributed by atoms with Crippen LogP contribution in [0.5, 0.6) is 5.75 Å². The van der Waals surface area contributed by atoms with Crippen molar-refractivity contribution in [1.82, 2.24) is 0 Å². The average Bonchev–Trinajstić information content (AvgIpc) is 2.27. The highest BCUT2D eigenvalue weighted by molar-refractivity contribution is 5.42. The Hall–Kier alpha value is -1.02. The third-order valence-electron chi connectivity index (χ3n) is 2.78. The molecule has 1 aromatic carbocycles. The Morgan fingerprint density at radius 2 is 2.36 bits per heavy atom. The molecule has 0 spiro atoms. The number of benzene rings is 1. The van der Waals surface area contributed by atoms with Crippen molar-refractivity contribution in [2.45, 2.75) is 25.9 Å². The predicted molar refractivity (Wildman–Crippen MR) is 55.7 cm³/mol. The maximum atomic E-state index is 5.70. The molecule has 1 atom stereocenters. The van der Waals surface area contributed by atoms with Crippen LogP contribution in [0.3, 0.4) is 0 Å². The van der Waals surface area contributed by atoms with E-state index in [9.17, 15) is 0 Å². The fraction of sp³-hybridized carbons (Fsp3) is 0.500. The van der Waals surface area contributed by atoms with Gasteiger partial charge >= 0.3 is 0 Å². The van der Waals surface area contributed by atoms with Gasteiger partial charge < -0.3 is 9.47 Å². The molecule has 1 aromatic rings. The smallest absolute Gasteiger partial charge is 0.122 e. The highest BCUT2D eigenvalue weighted by Crippen LogP contribution is 2.34. The molecule has 2 heteroatoms. The third kappa shape index (κ3) is 1.50. The van der Waals surface area contributed by atoms with E-state index in [1.165, 1.54) is 11.1 Å². The van der Waals surface area contributed by atoms with E-state index in [2.05, 4.69) is 13.0 Å². The largest absolute Gasteiger partial charge is 0.496 e. The maximum absolute atomic E-state index is 5.70. The van der Waals surface area contributed by atoms with Crippen LogP contribution in [0.15, 0.2) is 18.2 Å². The molecule has 0 radical (unpaired) electrons. The Bertz CT molecular complexity index is 320. The van der Waals surface area contributed by atoms with Gasteiger partial charge in [-0.25, -0.2) is 0 Å². The second-order valence-corrected chi connectivity index (χ2v) is 3.55. The highest BCUT2D eigenvalue weighted by Gasteiger charge is 2.21. The van der Waals surface area contributed by atoms with Gasteiger partial charge in [0.1, 0.15) is 5.75 Å². The van der Waals surface area contributed by atoms with Crippen LogP contribution in [-0.4, -0.2) is 13.7 Å². The lowest BCUT2D eigenvalue weighted by molar-refractivity contribution is 0.0392. The molecule has 1 aliphatic heterocycles. The molecular weight excluding hydrogens is 176 g/mol. The van der Waals surface area contributed by atoms with Gasteiger partial charge in [0.2, 0.25) is 0 Å². The molecule has 76 valence electrons. The van der Waals surface area contributed by atoms with Crippen LogP contribution in [0.25, 0.3) is 0 Å². The van der Waals surface area contributed by atoms with E-state index in [0.29, 0.717) is 0 Å². The molecule has 0 saturated carbocycles. The molecule has 1 aliphatic rings. The van der Waals surface area contributed by atoms with Crippen molar-refractivity contribution < 1.29 is 9.47 Å². The van der Waals surface area contributed by atoms with Crippen LogP contribution in [0, 0.1) is 0 Å². The minimum absolute atomic E-state index is 0.258. The van der Waals surface area contributed by atoms with E-state index in [4.69, 9.17) is 9.47 Å². The molecule has 0 amide bonds. The standard InChI is InChI=1S/C12H16O2/c1-3-11-9-5-4-6-12(13-2)10(9)7-8-14-11/h4-6,11H,3,7-8H2,1-2H3. The molecule has 0 bridgehead atoms. The third-order valence-corrected chi connectivity index (χ3v) is 2.78. The predicted octanol–water partition coefficient (Wildman–Crippen LogP) is 2.72. The van der Waals surface area contributed by atoms with Crippen molar-refractivity contribution >= 4 is 0 Å². The number of fused-ring (bicyclic) bond motifs is 1. The molecule has 1 unspecified atom stereocenters. The van der Waals surface area contributed by atoms with Gasteiger partial charge in [-0.1, -0.05) is 19.1 Å². The van der Waals surface area contributed by atoms with Crippen molar-refractivity contribution in [3.63, 3.8) is 0 Å². The first-order chi connectivity index (χ1) is 6.86. The summed E-state index contributed by atoms with van der Waals surface area (Å²) in [6, 6.07) is 6.21. The minimum atomic E-state index is 0.258. The summed E-state index contributed by atoms with van der Waals surface area (Å²) < 4.78 is 11.0. The second kappa shape index (κ2) is 4.01. The zero-order valence-corrected chi connectivity index (χ0v) is 8.75. The number of ether oxygens (including phenoxy) is 2. The van der Waals surface area contributed by atoms with Crippen LogP contribution in [0.1, 0.15) is 30.6 Å². The van der Waals surface area contributed by atoms with Crippen molar-refractivity contribution in [3.8, 4) is 5.75 Å². The van der Waals surface area contributed by atoms with Gasteiger partial charge in [0.15, 0.2) is 0 Å². The first-order valence-electron chi connectivity index (χ1n) is 5.14. The van der Waals surface area contributed by atoms with Gasteiger partial charge in [-0.05, 0) is 24.5 Å². The van der Waals surface area contributed by atoms with Gasteiger partial charge in [0, 0.05) is 5.56 Å². The summed E-state index contributed by atoms with van der Waals surface area (Å²) in [4.78, 5) is 0. The van der Waals surface area contributed by atoms with E-state index < -0.39 is 0 Å². The Morgan fingerprint density at radius 1 is 1.50 bits per heavy atom. The normalized spacial score (nSPS) is 20.3. The fourth-order valence-corrected chi connectivity index (χ4v) is 2.07. The molecular formula is C12H16O2. The van der Waals surface area contributed by atoms with Crippen LogP contribution < -0.4 is 4.74 Å². The molecule has 0 aromatic heterocycles. The van der Waals surface area contributed by atoms with E-state index in [1.54, 1.807) is 7.11 Å². The summed E-state index contributed by atoms with van der Waals surface area (Å²) in [6.07, 6.45) is 2.25. The van der Waals surface area contributed by atoms with Gasteiger partial charge in [-0.15, -0.1) is 0 Å². The number of methoxy groups -OCH3 is 1. The van der Waals surface area contributed by atoms with Crippen molar-refractivity contribution in [1.29, 1.82) is 0 Å². The zero-order chi connectivity index (χ0) is 9.97. The SMILES string of the molecule is CCC1OCCc2c(OC)cccc21. The van der Waals surface area contributed by atoms with E-state index in [-0.39, 0.29) is 6.10 Å². The number of hydrogen-bond donors (Lipinski definition) is 0. The Kier molecular flexibility index (Phi) is 2.73. The summed E-state index contributed by atoms with van der Waals surface area (Å²) >= 11 is 0. The molecule has 14 heavy (non-hydrogen) atoms. The average molecular weight is 192 g/mol. The van der Waals surface area contributed by atoms with E-state index in [0.717, 1.165) is 25.2 Å². The lowest BCUT2D eigenvalue weighted by atomic mass is 9.95. The fourth-order valence-electron chi connectivity index (χ4n) is 2.07. The second-order valence-electron chi connectivity index (χ2n) is 3.55. The molecule has 0 aliphatic carbocycles. The van der Waals surface area contributed by atoms with E-state index in [1.807, 2.05) is 12.1 Å². The molecule has 0 fully saturated rings. The maximum Gasteiger partial charge on any atom is 0.122 e. The Labute approximate surface area is 84.8 Å². The lowest BCUT2D eigenvalue weighted by Crippen LogP contribution is -2.16. The van der Waals surface area contributed by atoms with Crippen molar-refractivity contribution in [3.05, 3.63) is 29.3 Å². The molecule has 0 saturated heterocycles. The molecule has 2 rings (SSSR count). The van der Waals surface area contributed by atoms with Crippen LogP contribution in [-0.2, 0) is 11.2 Å². The van der Waals surface area contributed by atoms with Crippen molar-refractivity contribution in [2.75, 3.05) is 13.7 Å². The number of rotatable bonds is 2. The van der Waals surface area contributed by atoms with Gasteiger partial charge in [0.05, 0.1) is 19.8 Å².